The van der Waals surface area contributed by atoms with Crippen LogP contribution < -0.4 is 0 Å². The maximum absolute atomic E-state index is 9.95. The van der Waals surface area contributed by atoms with Crippen LogP contribution in [0.4, 0.5) is 0 Å². The number of aliphatic hydroxyl groups excluding tert-OH is 4. The topological polar surface area (TPSA) is 90.2 Å². The minimum atomic E-state index is -1.33. The van der Waals surface area contributed by atoms with Crippen molar-refractivity contribution < 1.29 is 25.2 Å². The van der Waals surface area contributed by atoms with E-state index in [0.717, 1.165) is 11.1 Å². The van der Waals surface area contributed by atoms with E-state index in [1.165, 1.54) is 0 Å². The molecule has 1 aliphatic rings. The van der Waals surface area contributed by atoms with E-state index in [2.05, 4.69) is 11.8 Å². The molecule has 5 heteroatoms. The zero-order valence-corrected chi connectivity index (χ0v) is 13.0. The number of hydrogen-bond acceptors (Lipinski definition) is 5. The Kier molecular flexibility index (Phi) is 6.34. The average molecular weight is 318 g/mol. The molecule has 0 saturated carbocycles. The number of hydrogen-bond donors (Lipinski definition) is 4. The summed E-state index contributed by atoms with van der Waals surface area (Å²) in [7, 11) is 0. The molecule has 1 saturated heterocycles. The first-order valence-corrected chi connectivity index (χ1v) is 7.56. The van der Waals surface area contributed by atoms with Gasteiger partial charge in [-0.25, -0.2) is 0 Å². The molecule has 0 amide bonds. The lowest BCUT2D eigenvalue weighted by Gasteiger charge is -2.39. The van der Waals surface area contributed by atoms with Gasteiger partial charge in [-0.2, -0.15) is 0 Å². The lowest BCUT2D eigenvalue weighted by molar-refractivity contribution is -0.227. The van der Waals surface area contributed by atoms with E-state index in [4.69, 9.17) is 9.84 Å². The van der Waals surface area contributed by atoms with E-state index in [1.807, 2.05) is 36.4 Å². The van der Waals surface area contributed by atoms with Crippen molar-refractivity contribution >= 4 is 6.08 Å². The van der Waals surface area contributed by atoms with E-state index in [0.29, 0.717) is 6.42 Å². The molecule has 0 bridgehead atoms. The predicted molar refractivity (Wildman–Crippen MR) is 86.4 cm³/mol. The minimum Gasteiger partial charge on any atom is -0.394 e. The summed E-state index contributed by atoms with van der Waals surface area (Å²) in [5.41, 5.74) is 1.93. The molecular weight excluding hydrogens is 296 g/mol. The number of aliphatic hydroxyl groups is 4. The highest BCUT2D eigenvalue weighted by Crippen LogP contribution is 2.23. The van der Waals surface area contributed by atoms with E-state index < -0.39 is 37.1 Å². The Labute approximate surface area is 135 Å². The third-order valence-electron chi connectivity index (χ3n) is 3.85. The Morgan fingerprint density at radius 3 is 2.30 bits per heavy atom. The summed E-state index contributed by atoms with van der Waals surface area (Å²) in [6.07, 6.45) is -1.31. The van der Waals surface area contributed by atoms with E-state index in [-0.39, 0.29) is 0 Å². The van der Waals surface area contributed by atoms with Crippen LogP contribution in [0.5, 0.6) is 0 Å². The van der Waals surface area contributed by atoms with Gasteiger partial charge in [-0.15, -0.1) is 5.92 Å². The monoisotopic (exact) mass is 318 g/mol. The Hall–Kier alpha value is -1.68. The number of rotatable bonds is 4. The average Bonchev–Trinajstić information content (AvgIpc) is 2.56. The van der Waals surface area contributed by atoms with Crippen LogP contribution in [0.2, 0.25) is 0 Å². The van der Waals surface area contributed by atoms with Crippen molar-refractivity contribution in [1.29, 1.82) is 0 Å². The molecule has 0 radical (unpaired) electrons. The molecular formula is C18H22O5. The molecule has 0 aromatic heterocycles. The Bertz CT molecular complexity index is 582. The quantitative estimate of drug-likeness (QED) is 0.600. The van der Waals surface area contributed by atoms with Gasteiger partial charge in [-0.3, -0.25) is 0 Å². The van der Waals surface area contributed by atoms with Crippen molar-refractivity contribution in [3.05, 3.63) is 41.5 Å². The van der Waals surface area contributed by atoms with Crippen LogP contribution in [0.3, 0.4) is 0 Å². The smallest absolute Gasteiger partial charge is 0.111 e. The van der Waals surface area contributed by atoms with Gasteiger partial charge in [0.1, 0.15) is 24.4 Å². The maximum atomic E-state index is 9.95. The van der Waals surface area contributed by atoms with E-state index >= 15 is 0 Å². The second-order valence-corrected chi connectivity index (χ2v) is 5.50. The van der Waals surface area contributed by atoms with Gasteiger partial charge in [0, 0.05) is 5.56 Å². The molecule has 5 atom stereocenters. The van der Waals surface area contributed by atoms with E-state index in [9.17, 15) is 15.3 Å². The second kappa shape index (κ2) is 8.25. The van der Waals surface area contributed by atoms with Crippen molar-refractivity contribution in [3.8, 4) is 11.8 Å². The molecule has 4 N–H and O–H groups in total. The van der Waals surface area contributed by atoms with Crippen LogP contribution >= 0.6 is 0 Å². The fourth-order valence-corrected chi connectivity index (χ4v) is 2.53. The van der Waals surface area contributed by atoms with Crippen LogP contribution in [0.25, 0.3) is 6.08 Å². The first-order valence-electron chi connectivity index (χ1n) is 7.56. The number of ether oxygens (including phenoxy) is 1. The molecule has 5 nitrogen and oxygen atoms in total. The van der Waals surface area contributed by atoms with Crippen LogP contribution in [-0.4, -0.2) is 57.6 Å². The Balaban J connectivity index is 1.96. The molecule has 0 aliphatic carbocycles. The SMILES string of the molecule is CC#Cc1ccc(/C=C/C[C@H]2OC(CO)[C@@H](O)C(O)C2O)cc1. The van der Waals surface area contributed by atoms with Crippen molar-refractivity contribution in [1.82, 2.24) is 0 Å². The number of benzene rings is 1. The maximum Gasteiger partial charge on any atom is 0.111 e. The summed E-state index contributed by atoms with van der Waals surface area (Å²) in [4.78, 5) is 0. The molecule has 124 valence electrons. The normalized spacial score (nSPS) is 30.9. The molecule has 1 aromatic rings. The summed E-state index contributed by atoms with van der Waals surface area (Å²) in [5, 5.41) is 38.6. The van der Waals surface area contributed by atoms with Gasteiger partial charge >= 0.3 is 0 Å². The summed E-state index contributed by atoms with van der Waals surface area (Å²) >= 11 is 0. The standard InChI is InChI=1S/C18H22O5/c1-2-4-12-7-9-13(10-8-12)5-3-6-14-16(20)18(22)17(21)15(11-19)23-14/h3,5,7-10,14-22H,6,11H2,1H3/b5-3+/t14-,15?,16?,17-,18?/m1/s1. The van der Waals surface area contributed by atoms with Crippen LogP contribution in [0.15, 0.2) is 30.3 Å². The molecule has 0 spiro atoms. The first kappa shape index (κ1) is 17.7. The van der Waals surface area contributed by atoms with Crippen LogP contribution in [-0.2, 0) is 4.74 Å². The van der Waals surface area contributed by atoms with Gasteiger partial charge in [0.25, 0.3) is 0 Å². The fourth-order valence-electron chi connectivity index (χ4n) is 2.53. The summed E-state index contributed by atoms with van der Waals surface area (Å²) in [6, 6.07) is 7.71. The zero-order chi connectivity index (χ0) is 16.8. The minimum absolute atomic E-state index is 0.359. The molecule has 1 aliphatic heterocycles. The highest BCUT2D eigenvalue weighted by Gasteiger charge is 2.42. The van der Waals surface area contributed by atoms with Crippen molar-refractivity contribution in [3.63, 3.8) is 0 Å². The molecule has 23 heavy (non-hydrogen) atoms. The summed E-state index contributed by atoms with van der Waals surface area (Å²) in [5.74, 6) is 5.80. The third-order valence-corrected chi connectivity index (χ3v) is 3.85. The van der Waals surface area contributed by atoms with Crippen molar-refractivity contribution in [2.45, 2.75) is 43.9 Å². The fraction of sp³-hybridized carbons (Fsp3) is 0.444. The predicted octanol–water partition coefficient (Wildman–Crippen LogP) is 0.304. The molecule has 1 fully saturated rings. The van der Waals surface area contributed by atoms with E-state index in [1.54, 1.807) is 6.92 Å². The Morgan fingerprint density at radius 1 is 1.04 bits per heavy atom. The zero-order valence-electron chi connectivity index (χ0n) is 13.0. The van der Waals surface area contributed by atoms with Gasteiger partial charge in [0.15, 0.2) is 0 Å². The molecule has 2 rings (SSSR count). The van der Waals surface area contributed by atoms with Gasteiger partial charge in [-0.1, -0.05) is 30.2 Å². The first-order chi connectivity index (χ1) is 11.1. The van der Waals surface area contributed by atoms with Gasteiger partial charge < -0.3 is 25.2 Å². The molecule has 1 heterocycles. The third kappa shape index (κ3) is 4.41. The van der Waals surface area contributed by atoms with Crippen LogP contribution in [0.1, 0.15) is 24.5 Å². The summed E-state index contributed by atoms with van der Waals surface area (Å²) < 4.78 is 5.44. The summed E-state index contributed by atoms with van der Waals surface area (Å²) in [6.45, 7) is 1.37. The second-order valence-electron chi connectivity index (χ2n) is 5.50. The lowest BCUT2D eigenvalue weighted by Crippen LogP contribution is -2.58. The van der Waals surface area contributed by atoms with Crippen molar-refractivity contribution in [2.24, 2.45) is 0 Å². The van der Waals surface area contributed by atoms with Gasteiger partial charge in [0.2, 0.25) is 0 Å². The Morgan fingerprint density at radius 2 is 1.70 bits per heavy atom. The molecule has 1 aromatic carbocycles. The highest BCUT2D eigenvalue weighted by atomic mass is 16.5. The van der Waals surface area contributed by atoms with Crippen molar-refractivity contribution in [2.75, 3.05) is 6.61 Å². The van der Waals surface area contributed by atoms with Gasteiger partial charge in [-0.05, 0) is 31.0 Å². The highest BCUT2D eigenvalue weighted by molar-refractivity contribution is 5.51. The molecule has 3 unspecified atom stereocenters. The largest absolute Gasteiger partial charge is 0.394 e. The van der Waals surface area contributed by atoms with Gasteiger partial charge in [0.05, 0.1) is 12.7 Å². The van der Waals surface area contributed by atoms with Crippen LogP contribution in [0, 0.1) is 11.8 Å². The lowest BCUT2D eigenvalue weighted by atomic mass is 9.93.